The second-order valence-electron chi connectivity index (χ2n) is 4.99. The molecule has 3 heterocycles. The molecule has 2 aliphatic heterocycles. The lowest BCUT2D eigenvalue weighted by atomic mass is 10.1. The molecule has 100 valence electrons. The highest BCUT2D eigenvalue weighted by molar-refractivity contribution is 7.99. The molecule has 1 unspecified atom stereocenters. The maximum atomic E-state index is 5.68. The molecule has 1 aromatic heterocycles. The van der Waals surface area contributed by atoms with E-state index in [-0.39, 0.29) is 6.10 Å². The molecule has 0 bridgehead atoms. The molecule has 2 fully saturated rings. The van der Waals surface area contributed by atoms with Gasteiger partial charge in [0.15, 0.2) is 5.82 Å². The number of nitrogens with zero attached hydrogens (tertiary/aromatic N) is 2. The molecule has 18 heavy (non-hydrogen) atoms. The van der Waals surface area contributed by atoms with E-state index < -0.39 is 0 Å². The van der Waals surface area contributed by atoms with E-state index in [9.17, 15) is 0 Å². The predicted octanol–water partition coefficient (Wildman–Crippen LogP) is 2.17. The molecule has 0 amide bonds. The molecule has 1 aromatic rings. The zero-order valence-corrected chi connectivity index (χ0v) is 11.4. The van der Waals surface area contributed by atoms with Crippen LogP contribution >= 0.6 is 11.8 Å². The summed E-state index contributed by atoms with van der Waals surface area (Å²) in [5, 5.41) is 8.03. The average Bonchev–Trinajstić information content (AvgIpc) is 3.08. The largest absolute Gasteiger partial charge is 0.377 e. The van der Waals surface area contributed by atoms with E-state index in [1.165, 1.54) is 6.42 Å². The van der Waals surface area contributed by atoms with Crippen LogP contribution in [-0.2, 0) is 9.47 Å². The molecule has 5 nitrogen and oxygen atoms in total. The first-order valence-electron chi connectivity index (χ1n) is 6.61. The topological polar surface area (TPSA) is 60.0 Å². The fraction of sp³-hybridized carbons (Fsp3) is 0.833. The minimum Gasteiger partial charge on any atom is -0.377 e. The number of H-pyrrole nitrogens is 1. The Kier molecular flexibility index (Phi) is 3.86. The van der Waals surface area contributed by atoms with Gasteiger partial charge in [-0.1, -0.05) is 18.7 Å². The number of ether oxygens (including phenoxy) is 2. The third-order valence-corrected chi connectivity index (χ3v) is 4.57. The number of thioether (sulfide) groups is 1. The quantitative estimate of drug-likeness (QED) is 0.849. The van der Waals surface area contributed by atoms with Crippen LogP contribution in [0.25, 0.3) is 0 Å². The Hall–Kier alpha value is -0.590. The van der Waals surface area contributed by atoms with Crippen molar-refractivity contribution in [3.63, 3.8) is 0 Å². The maximum absolute atomic E-state index is 5.68. The first kappa shape index (κ1) is 12.4. The summed E-state index contributed by atoms with van der Waals surface area (Å²) in [4.78, 5) is 4.49. The van der Waals surface area contributed by atoms with Crippen molar-refractivity contribution in [3.8, 4) is 0 Å². The number of aromatic amines is 1. The van der Waals surface area contributed by atoms with E-state index >= 15 is 0 Å². The van der Waals surface area contributed by atoms with Gasteiger partial charge in [-0.25, -0.2) is 4.98 Å². The first-order chi connectivity index (χ1) is 8.83. The van der Waals surface area contributed by atoms with Gasteiger partial charge in [-0.15, -0.1) is 5.10 Å². The molecule has 0 aliphatic carbocycles. The van der Waals surface area contributed by atoms with Crippen LogP contribution < -0.4 is 0 Å². The van der Waals surface area contributed by atoms with Gasteiger partial charge in [0.05, 0.1) is 6.10 Å². The van der Waals surface area contributed by atoms with Crippen LogP contribution in [0.4, 0.5) is 0 Å². The molecule has 2 saturated heterocycles. The third kappa shape index (κ3) is 2.70. The highest BCUT2D eigenvalue weighted by Crippen LogP contribution is 2.29. The van der Waals surface area contributed by atoms with Crippen molar-refractivity contribution in [2.24, 2.45) is 5.92 Å². The monoisotopic (exact) mass is 269 g/mol. The van der Waals surface area contributed by atoms with Crippen LogP contribution in [0.3, 0.4) is 0 Å². The van der Waals surface area contributed by atoms with Crippen molar-refractivity contribution >= 4 is 11.8 Å². The van der Waals surface area contributed by atoms with Crippen molar-refractivity contribution in [1.82, 2.24) is 15.2 Å². The SMILES string of the molecule is C[C@@H]1CCO[C@@H]1CSc1n[nH]c(C2CCCO2)n1. The van der Waals surface area contributed by atoms with Gasteiger partial charge in [0, 0.05) is 19.0 Å². The third-order valence-electron chi connectivity index (χ3n) is 3.63. The number of rotatable bonds is 4. The summed E-state index contributed by atoms with van der Waals surface area (Å²) in [6.07, 6.45) is 3.79. The van der Waals surface area contributed by atoms with E-state index in [0.29, 0.717) is 12.0 Å². The van der Waals surface area contributed by atoms with Gasteiger partial charge in [0.2, 0.25) is 5.16 Å². The van der Waals surface area contributed by atoms with Gasteiger partial charge in [0.25, 0.3) is 0 Å². The molecule has 0 saturated carbocycles. The molecule has 0 spiro atoms. The van der Waals surface area contributed by atoms with Gasteiger partial charge >= 0.3 is 0 Å². The lowest BCUT2D eigenvalue weighted by molar-refractivity contribution is 0.105. The number of hydrogen-bond acceptors (Lipinski definition) is 5. The molecule has 6 heteroatoms. The highest BCUT2D eigenvalue weighted by Gasteiger charge is 2.25. The molecular formula is C12H19N3O2S. The van der Waals surface area contributed by atoms with E-state index in [1.807, 2.05) is 0 Å². The van der Waals surface area contributed by atoms with Crippen molar-refractivity contribution < 1.29 is 9.47 Å². The molecule has 0 aromatic carbocycles. The Balaban J connectivity index is 1.53. The van der Waals surface area contributed by atoms with E-state index in [2.05, 4.69) is 22.1 Å². The second-order valence-corrected chi connectivity index (χ2v) is 5.98. The smallest absolute Gasteiger partial charge is 0.208 e. The summed E-state index contributed by atoms with van der Waals surface area (Å²) in [7, 11) is 0. The van der Waals surface area contributed by atoms with Gasteiger partial charge in [-0.2, -0.15) is 0 Å². The Bertz CT molecular complexity index is 392. The summed E-state index contributed by atoms with van der Waals surface area (Å²) in [5.74, 6) is 2.45. The molecule has 3 rings (SSSR count). The van der Waals surface area contributed by atoms with Gasteiger partial charge in [-0.3, -0.25) is 5.10 Å². The van der Waals surface area contributed by atoms with Crippen molar-refractivity contribution in [3.05, 3.63) is 5.82 Å². The molecule has 0 radical (unpaired) electrons. The van der Waals surface area contributed by atoms with Gasteiger partial charge in [0.1, 0.15) is 6.10 Å². The molecule has 2 aliphatic rings. The zero-order valence-electron chi connectivity index (χ0n) is 10.6. The lowest BCUT2D eigenvalue weighted by Crippen LogP contribution is -2.16. The standard InChI is InChI=1S/C12H19N3O2S/c1-8-4-6-17-10(8)7-18-12-13-11(14-15-12)9-3-2-5-16-9/h8-10H,2-7H2,1H3,(H,13,14,15)/t8-,9?,10-/m1/s1. The molecule has 1 N–H and O–H groups in total. The van der Waals surface area contributed by atoms with Crippen molar-refractivity contribution in [2.75, 3.05) is 19.0 Å². The highest BCUT2D eigenvalue weighted by atomic mass is 32.2. The van der Waals surface area contributed by atoms with Gasteiger partial charge < -0.3 is 9.47 Å². The number of nitrogens with one attached hydrogen (secondary N) is 1. The Labute approximate surface area is 111 Å². The van der Waals surface area contributed by atoms with Crippen LogP contribution in [0.1, 0.15) is 38.1 Å². The van der Waals surface area contributed by atoms with E-state index in [4.69, 9.17) is 9.47 Å². The van der Waals surface area contributed by atoms with Crippen LogP contribution in [0, 0.1) is 5.92 Å². The summed E-state index contributed by atoms with van der Waals surface area (Å²) in [5.41, 5.74) is 0. The first-order valence-corrected chi connectivity index (χ1v) is 7.60. The Morgan fingerprint density at radius 3 is 3.00 bits per heavy atom. The predicted molar refractivity (Wildman–Crippen MR) is 68.6 cm³/mol. The van der Waals surface area contributed by atoms with E-state index in [1.54, 1.807) is 11.8 Å². The fourth-order valence-electron chi connectivity index (χ4n) is 2.38. The second kappa shape index (κ2) is 5.59. The molecular weight excluding hydrogens is 250 g/mol. The summed E-state index contributed by atoms with van der Waals surface area (Å²) < 4.78 is 11.3. The minimum absolute atomic E-state index is 0.119. The summed E-state index contributed by atoms with van der Waals surface area (Å²) >= 11 is 1.67. The van der Waals surface area contributed by atoms with Crippen LogP contribution in [0.5, 0.6) is 0 Å². The zero-order chi connectivity index (χ0) is 12.4. The number of hydrogen-bond donors (Lipinski definition) is 1. The van der Waals surface area contributed by atoms with Crippen LogP contribution in [0.15, 0.2) is 5.16 Å². The Morgan fingerprint density at radius 2 is 2.28 bits per heavy atom. The van der Waals surface area contributed by atoms with Gasteiger partial charge in [-0.05, 0) is 25.2 Å². The fourth-order valence-corrected chi connectivity index (χ4v) is 3.40. The lowest BCUT2D eigenvalue weighted by Gasteiger charge is -2.12. The maximum Gasteiger partial charge on any atom is 0.208 e. The van der Waals surface area contributed by atoms with Crippen LogP contribution in [0.2, 0.25) is 0 Å². The van der Waals surface area contributed by atoms with Crippen molar-refractivity contribution in [1.29, 1.82) is 0 Å². The van der Waals surface area contributed by atoms with Crippen LogP contribution in [-0.4, -0.2) is 40.3 Å². The number of aromatic nitrogens is 3. The Morgan fingerprint density at radius 1 is 1.33 bits per heavy atom. The average molecular weight is 269 g/mol. The molecule has 3 atom stereocenters. The summed E-state index contributed by atoms with van der Waals surface area (Å²) in [6.45, 7) is 3.97. The van der Waals surface area contributed by atoms with Crippen molar-refractivity contribution in [2.45, 2.75) is 43.6 Å². The summed E-state index contributed by atoms with van der Waals surface area (Å²) in [6, 6.07) is 0. The normalized spacial score (nSPS) is 32.2. The minimum atomic E-state index is 0.119. The van der Waals surface area contributed by atoms with E-state index in [0.717, 1.165) is 42.8 Å².